The first kappa shape index (κ1) is 19.9. The fourth-order valence-electron chi connectivity index (χ4n) is 2.29. The molecule has 4 N–H and O–H groups in total. The number of hydrogen-bond donors (Lipinski definition) is 3. The molecule has 0 radical (unpaired) electrons. The second-order valence-corrected chi connectivity index (χ2v) is 5.73. The highest BCUT2D eigenvalue weighted by Gasteiger charge is 2.22. The van der Waals surface area contributed by atoms with Gasteiger partial charge in [0.05, 0.1) is 0 Å². The number of carbonyl (C=O) groups excluding carboxylic acids is 1. The molecule has 1 aromatic carbocycles. The second-order valence-electron chi connectivity index (χ2n) is 5.73. The minimum atomic E-state index is -0.438. The molecular weight excluding hydrogens is 326 g/mol. The van der Waals surface area contributed by atoms with Gasteiger partial charge in [0.15, 0.2) is 0 Å². The Bertz CT molecular complexity index is 725. The van der Waals surface area contributed by atoms with E-state index in [9.17, 15) is 9.59 Å². The first-order valence-corrected chi connectivity index (χ1v) is 7.85. The molecule has 2 aromatic rings. The van der Waals surface area contributed by atoms with E-state index >= 15 is 0 Å². The monoisotopic (exact) mass is 349 g/mol. The van der Waals surface area contributed by atoms with Crippen molar-refractivity contribution in [2.24, 2.45) is 5.73 Å². The van der Waals surface area contributed by atoms with E-state index in [4.69, 9.17) is 5.73 Å². The minimum absolute atomic E-state index is 0. The number of rotatable bonds is 6. The lowest BCUT2D eigenvalue weighted by molar-refractivity contribution is 0.0940. The Morgan fingerprint density at radius 1 is 1.12 bits per heavy atom. The SMILES string of the molecule is CCC(N)(CC)CNC(=O)c1ccc(-c2ccccc2)[nH]c1=O.Cl. The van der Waals surface area contributed by atoms with E-state index < -0.39 is 17.0 Å². The van der Waals surface area contributed by atoms with Crippen LogP contribution in [0.25, 0.3) is 11.3 Å². The lowest BCUT2D eigenvalue weighted by Crippen LogP contribution is -2.49. The number of nitrogens with one attached hydrogen (secondary N) is 2. The van der Waals surface area contributed by atoms with Crippen LogP contribution in [0.1, 0.15) is 37.0 Å². The van der Waals surface area contributed by atoms with Crippen molar-refractivity contribution in [3.05, 3.63) is 58.4 Å². The summed E-state index contributed by atoms with van der Waals surface area (Å²) in [6.45, 7) is 4.31. The summed E-state index contributed by atoms with van der Waals surface area (Å²) in [6.07, 6.45) is 1.51. The molecule has 130 valence electrons. The van der Waals surface area contributed by atoms with E-state index in [2.05, 4.69) is 10.3 Å². The van der Waals surface area contributed by atoms with E-state index in [0.717, 1.165) is 18.4 Å². The third-order valence-corrected chi connectivity index (χ3v) is 4.25. The lowest BCUT2D eigenvalue weighted by Gasteiger charge is -2.26. The summed E-state index contributed by atoms with van der Waals surface area (Å²) in [5.74, 6) is -0.400. The molecule has 0 aliphatic heterocycles. The van der Waals surface area contributed by atoms with Gasteiger partial charge in [0.25, 0.3) is 11.5 Å². The van der Waals surface area contributed by atoms with E-state index in [1.54, 1.807) is 12.1 Å². The molecule has 5 nitrogen and oxygen atoms in total. The van der Waals surface area contributed by atoms with Crippen LogP contribution in [0.2, 0.25) is 0 Å². The average molecular weight is 350 g/mol. The van der Waals surface area contributed by atoms with Crippen LogP contribution >= 0.6 is 12.4 Å². The van der Waals surface area contributed by atoms with Gasteiger partial charge in [0.2, 0.25) is 0 Å². The normalized spacial score (nSPS) is 10.8. The van der Waals surface area contributed by atoms with Gasteiger partial charge in [-0.3, -0.25) is 9.59 Å². The molecule has 0 saturated heterocycles. The van der Waals surface area contributed by atoms with Gasteiger partial charge in [-0.1, -0.05) is 44.2 Å². The zero-order valence-electron chi connectivity index (χ0n) is 14.0. The first-order valence-electron chi connectivity index (χ1n) is 7.85. The molecule has 0 spiro atoms. The van der Waals surface area contributed by atoms with Gasteiger partial charge in [-0.15, -0.1) is 12.4 Å². The van der Waals surface area contributed by atoms with Crippen molar-refractivity contribution >= 4 is 18.3 Å². The van der Waals surface area contributed by atoms with E-state index in [1.807, 2.05) is 44.2 Å². The number of aromatic nitrogens is 1. The van der Waals surface area contributed by atoms with Crippen LogP contribution in [0.3, 0.4) is 0 Å². The average Bonchev–Trinajstić information content (AvgIpc) is 2.60. The number of amides is 1. The van der Waals surface area contributed by atoms with Crippen LogP contribution in [0.15, 0.2) is 47.3 Å². The summed E-state index contributed by atoms with van der Waals surface area (Å²) in [5, 5.41) is 2.76. The van der Waals surface area contributed by atoms with Crippen molar-refractivity contribution in [2.75, 3.05) is 6.54 Å². The molecule has 0 unspecified atom stereocenters. The summed E-state index contributed by atoms with van der Waals surface area (Å²) in [6, 6.07) is 12.8. The molecule has 0 saturated carbocycles. The molecule has 2 rings (SSSR count). The molecule has 0 atom stereocenters. The van der Waals surface area contributed by atoms with Crippen molar-refractivity contribution in [2.45, 2.75) is 32.2 Å². The topological polar surface area (TPSA) is 88.0 Å². The molecule has 1 amide bonds. The maximum absolute atomic E-state index is 12.2. The van der Waals surface area contributed by atoms with Crippen molar-refractivity contribution in [3.63, 3.8) is 0 Å². The fourth-order valence-corrected chi connectivity index (χ4v) is 2.29. The number of halogens is 1. The lowest BCUT2D eigenvalue weighted by atomic mass is 9.94. The van der Waals surface area contributed by atoms with Gasteiger partial charge in [-0.2, -0.15) is 0 Å². The molecule has 24 heavy (non-hydrogen) atoms. The van der Waals surface area contributed by atoms with Crippen LogP contribution < -0.4 is 16.6 Å². The number of benzene rings is 1. The Labute approximate surface area is 148 Å². The molecular formula is C18H24ClN3O2. The first-order chi connectivity index (χ1) is 11.0. The Hall–Kier alpha value is -2.11. The maximum atomic E-state index is 12.2. The van der Waals surface area contributed by atoms with Gasteiger partial charge in [-0.05, 0) is 30.5 Å². The highest BCUT2D eigenvalue weighted by atomic mass is 35.5. The van der Waals surface area contributed by atoms with Gasteiger partial charge in [0.1, 0.15) is 5.56 Å². The summed E-state index contributed by atoms with van der Waals surface area (Å²) < 4.78 is 0. The van der Waals surface area contributed by atoms with Gasteiger partial charge < -0.3 is 16.0 Å². The summed E-state index contributed by atoms with van der Waals surface area (Å²) >= 11 is 0. The van der Waals surface area contributed by atoms with E-state index in [-0.39, 0.29) is 18.0 Å². The highest BCUT2D eigenvalue weighted by molar-refractivity contribution is 5.94. The molecule has 0 bridgehead atoms. The Morgan fingerprint density at radius 3 is 2.29 bits per heavy atom. The van der Waals surface area contributed by atoms with Crippen LogP contribution in [0.5, 0.6) is 0 Å². The highest BCUT2D eigenvalue weighted by Crippen LogP contribution is 2.15. The molecule has 0 fully saturated rings. The van der Waals surface area contributed by atoms with Crippen molar-refractivity contribution < 1.29 is 4.79 Å². The number of pyridine rings is 1. The zero-order valence-corrected chi connectivity index (χ0v) is 14.8. The van der Waals surface area contributed by atoms with Crippen LogP contribution in [-0.2, 0) is 0 Å². The largest absolute Gasteiger partial charge is 0.350 e. The number of H-pyrrole nitrogens is 1. The molecule has 1 heterocycles. The standard InChI is InChI=1S/C18H23N3O2.ClH/c1-3-18(19,4-2)12-20-16(22)14-10-11-15(21-17(14)23)13-8-6-5-7-9-13;/h5-11H,3-4,12,19H2,1-2H3,(H,20,22)(H,21,23);1H. The summed E-state index contributed by atoms with van der Waals surface area (Å²) in [4.78, 5) is 27.1. The predicted octanol–water partition coefficient (Wildman–Crippen LogP) is 2.71. The number of hydrogen-bond acceptors (Lipinski definition) is 3. The van der Waals surface area contributed by atoms with Crippen LogP contribution in [0, 0.1) is 0 Å². The predicted molar refractivity (Wildman–Crippen MR) is 99.6 cm³/mol. The Kier molecular flexibility index (Phi) is 7.19. The number of nitrogens with two attached hydrogens (primary N) is 1. The molecule has 6 heteroatoms. The summed E-state index contributed by atoms with van der Waals surface area (Å²) in [5.41, 5.74) is 7.00. The third-order valence-electron chi connectivity index (χ3n) is 4.25. The minimum Gasteiger partial charge on any atom is -0.350 e. The van der Waals surface area contributed by atoms with Gasteiger partial charge >= 0.3 is 0 Å². The van der Waals surface area contributed by atoms with Gasteiger partial charge in [0, 0.05) is 17.8 Å². The van der Waals surface area contributed by atoms with Crippen LogP contribution in [-0.4, -0.2) is 23.0 Å². The van der Waals surface area contributed by atoms with E-state index in [1.165, 1.54) is 0 Å². The van der Waals surface area contributed by atoms with Crippen LogP contribution in [0.4, 0.5) is 0 Å². The third kappa shape index (κ3) is 4.69. The Balaban J connectivity index is 0.00000288. The Morgan fingerprint density at radius 2 is 1.75 bits per heavy atom. The maximum Gasteiger partial charge on any atom is 0.261 e. The smallest absolute Gasteiger partial charge is 0.261 e. The summed E-state index contributed by atoms with van der Waals surface area (Å²) in [7, 11) is 0. The quantitative estimate of drug-likeness (QED) is 0.749. The van der Waals surface area contributed by atoms with Gasteiger partial charge in [-0.25, -0.2) is 0 Å². The zero-order chi connectivity index (χ0) is 16.9. The number of aromatic amines is 1. The fraction of sp³-hybridized carbons (Fsp3) is 0.333. The molecule has 1 aromatic heterocycles. The number of carbonyl (C=O) groups is 1. The second kappa shape index (κ2) is 8.66. The van der Waals surface area contributed by atoms with E-state index in [0.29, 0.717) is 12.2 Å². The molecule has 0 aliphatic rings. The van der Waals surface area contributed by atoms with Crippen molar-refractivity contribution in [1.82, 2.24) is 10.3 Å². The van der Waals surface area contributed by atoms with Crippen molar-refractivity contribution in [3.8, 4) is 11.3 Å². The van der Waals surface area contributed by atoms with Crippen molar-refractivity contribution in [1.29, 1.82) is 0 Å². The molecule has 0 aliphatic carbocycles.